The highest BCUT2D eigenvalue weighted by atomic mass is 16.6. The van der Waals surface area contributed by atoms with Gasteiger partial charge in [-0.25, -0.2) is 0 Å². The molecular formula is C55H92O5. The van der Waals surface area contributed by atoms with Crippen molar-refractivity contribution < 1.29 is 23.8 Å². The monoisotopic (exact) mass is 833 g/mol. The first-order valence-electron chi connectivity index (χ1n) is 24.8. The highest BCUT2D eigenvalue weighted by molar-refractivity contribution is 5.70. The van der Waals surface area contributed by atoms with Crippen LogP contribution >= 0.6 is 0 Å². The van der Waals surface area contributed by atoms with Gasteiger partial charge in [0.25, 0.3) is 0 Å². The van der Waals surface area contributed by atoms with E-state index < -0.39 is 6.10 Å². The van der Waals surface area contributed by atoms with Crippen molar-refractivity contribution in [3.63, 3.8) is 0 Å². The largest absolute Gasteiger partial charge is 0.462 e. The standard InChI is InChI=1S/C55H92O5/c1-4-7-10-13-16-19-22-25-27-28-29-31-33-36-39-42-45-48-54(56)59-52-53(51-58-50-47-44-41-38-35-32-26-23-20-17-14-11-8-5-2)60-55(57)49-46-43-40-37-34-30-24-21-18-15-12-9-6-3/h7-8,10-11,16-17,19-20,25-27,29,31-32,36,39,53H,4-6,9,12-15,18,21-24,28,30,33-35,37-38,40-52H2,1-3H3/b10-7-,11-8-,19-16-,20-17-,27-25-,31-29-,32-26-,39-36-. The maximum Gasteiger partial charge on any atom is 0.306 e. The molecule has 0 saturated heterocycles. The third-order valence-electron chi connectivity index (χ3n) is 10.1. The topological polar surface area (TPSA) is 61.8 Å². The third-order valence-corrected chi connectivity index (χ3v) is 10.1. The number of rotatable bonds is 44. The summed E-state index contributed by atoms with van der Waals surface area (Å²) in [6, 6.07) is 0. The lowest BCUT2D eigenvalue weighted by molar-refractivity contribution is -0.163. The van der Waals surface area contributed by atoms with E-state index in [0.29, 0.717) is 19.4 Å². The highest BCUT2D eigenvalue weighted by Gasteiger charge is 2.17. The molecule has 0 aliphatic heterocycles. The van der Waals surface area contributed by atoms with Crippen LogP contribution in [0.1, 0.15) is 213 Å². The predicted octanol–water partition coefficient (Wildman–Crippen LogP) is 16.7. The van der Waals surface area contributed by atoms with Crippen LogP contribution in [0.25, 0.3) is 0 Å². The molecule has 0 N–H and O–H groups in total. The van der Waals surface area contributed by atoms with Gasteiger partial charge in [-0.15, -0.1) is 0 Å². The SMILES string of the molecule is CC/C=C\C/C=C\C/C=C\C/C=C\C/C=C\CCCC(=O)OCC(COCCCCCC/C=C\C/C=C\C/C=C\CC)OC(=O)CCCCCCCCCCCCCCC. The number of ether oxygens (including phenoxy) is 3. The van der Waals surface area contributed by atoms with Crippen molar-refractivity contribution in [3.05, 3.63) is 97.2 Å². The Kier molecular flexibility index (Phi) is 47.5. The average Bonchev–Trinajstić information content (AvgIpc) is 3.25. The Bertz CT molecular complexity index is 1170. The zero-order valence-corrected chi connectivity index (χ0v) is 39.2. The number of allylic oxidation sites excluding steroid dienone is 16. The van der Waals surface area contributed by atoms with Crippen LogP contribution in [0.15, 0.2) is 97.2 Å². The second-order valence-electron chi connectivity index (χ2n) is 16.0. The Hall–Kier alpha value is -3.18. The molecule has 0 fully saturated rings. The maximum absolute atomic E-state index is 12.8. The fourth-order valence-electron chi connectivity index (χ4n) is 6.50. The average molecular weight is 833 g/mol. The molecule has 1 atom stereocenters. The second kappa shape index (κ2) is 50.2. The molecule has 0 rings (SSSR count). The van der Waals surface area contributed by atoms with Gasteiger partial charge in [0, 0.05) is 19.4 Å². The van der Waals surface area contributed by atoms with E-state index in [0.717, 1.165) is 96.3 Å². The van der Waals surface area contributed by atoms with Crippen molar-refractivity contribution in [3.8, 4) is 0 Å². The number of hydrogen-bond donors (Lipinski definition) is 0. The van der Waals surface area contributed by atoms with E-state index >= 15 is 0 Å². The Labute approximate surface area is 371 Å². The lowest BCUT2D eigenvalue weighted by Gasteiger charge is -2.18. The van der Waals surface area contributed by atoms with Crippen LogP contribution < -0.4 is 0 Å². The minimum absolute atomic E-state index is 0.0435. The second-order valence-corrected chi connectivity index (χ2v) is 16.0. The van der Waals surface area contributed by atoms with Crippen LogP contribution in [0.3, 0.4) is 0 Å². The predicted molar refractivity (Wildman–Crippen MR) is 260 cm³/mol. The van der Waals surface area contributed by atoms with Crippen molar-refractivity contribution in [2.45, 2.75) is 219 Å². The molecule has 5 nitrogen and oxygen atoms in total. The minimum atomic E-state index is -0.573. The van der Waals surface area contributed by atoms with E-state index in [2.05, 4.69) is 118 Å². The van der Waals surface area contributed by atoms with Crippen molar-refractivity contribution in [1.82, 2.24) is 0 Å². The first kappa shape index (κ1) is 56.8. The van der Waals surface area contributed by atoms with Gasteiger partial charge in [0.1, 0.15) is 6.61 Å². The first-order chi connectivity index (χ1) is 29.6. The van der Waals surface area contributed by atoms with Gasteiger partial charge in [-0.2, -0.15) is 0 Å². The Balaban J connectivity index is 4.40. The van der Waals surface area contributed by atoms with E-state index in [-0.39, 0.29) is 25.2 Å². The van der Waals surface area contributed by atoms with E-state index in [4.69, 9.17) is 14.2 Å². The zero-order chi connectivity index (χ0) is 43.5. The van der Waals surface area contributed by atoms with Crippen LogP contribution in [-0.2, 0) is 23.8 Å². The zero-order valence-electron chi connectivity index (χ0n) is 39.2. The van der Waals surface area contributed by atoms with E-state index in [1.807, 2.05) is 0 Å². The van der Waals surface area contributed by atoms with Crippen LogP contribution in [0.5, 0.6) is 0 Å². The Morgan fingerprint density at radius 1 is 0.383 bits per heavy atom. The summed E-state index contributed by atoms with van der Waals surface area (Å²) in [5.74, 6) is -0.480. The van der Waals surface area contributed by atoms with Crippen molar-refractivity contribution in [1.29, 1.82) is 0 Å². The molecular weight excluding hydrogens is 741 g/mol. The summed E-state index contributed by atoms with van der Waals surface area (Å²) < 4.78 is 17.3. The van der Waals surface area contributed by atoms with E-state index in [1.165, 1.54) is 83.5 Å². The first-order valence-corrected chi connectivity index (χ1v) is 24.8. The summed E-state index contributed by atoms with van der Waals surface area (Å²) in [6.45, 7) is 7.49. The molecule has 0 radical (unpaired) electrons. The van der Waals surface area contributed by atoms with Gasteiger partial charge in [-0.05, 0) is 89.9 Å². The molecule has 60 heavy (non-hydrogen) atoms. The number of unbranched alkanes of at least 4 members (excludes halogenated alkanes) is 17. The van der Waals surface area contributed by atoms with Crippen molar-refractivity contribution in [2.75, 3.05) is 19.8 Å². The smallest absolute Gasteiger partial charge is 0.306 e. The molecule has 0 heterocycles. The lowest BCUT2D eigenvalue weighted by atomic mass is 10.0. The van der Waals surface area contributed by atoms with Gasteiger partial charge < -0.3 is 14.2 Å². The lowest BCUT2D eigenvalue weighted by Crippen LogP contribution is -2.30. The number of carbonyl (C=O) groups is 2. The van der Waals surface area contributed by atoms with E-state index in [9.17, 15) is 9.59 Å². The summed E-state index contributed by atoms with van der Waals surface area (Å²) >= 11 is 0. The third kappa shape index (κ3) is 47.5. The molecule has 342 valence electrons. The summed E-state index contributed by atoms with van der Waals surface area (Å²) in [5, 5.41) is 0. The maximum atomic E-state index is 12.8. The van der Waals surface area contributed by atoms with Gasteiger partial charge >= 0.3 is 11.9 Å². The fraction of sp³-hybridized carbons (Fsp3) is 0.673. The molecule has 0 amide bonds. The molecule has 0 aromatic rings. The van der Waals surface area contributed by atoms with Crippen LogP contribution in [0.2, 0.25) is 0 Å². The molecule has 0 aliphatic rings. The van der Waals surface area contributed by atoms with Gasteiger partial charge in [0.05, 0.1) is 6.61 Å². The van der Waals surface area contributed by atoms with Crippen molar-refractivity contribution in [2.24, 2.45) is 0 Å². The molecule has 0 aromatic carbocycles. The highest BCUT2D eigenvalue weighted by Crippen LogP contribution is 2.14. The fourth-order valence-corrected chi connectivity index (χ4v) is 6.50. The summed E-state index contributed by atoms with van der Waals surface area (Å²) in [6.07, 6.45) is 67.0. The molecule has 1 unspecified atom stereocenters. The van der Waals surface area contributed by atoms with Crippen LogP contribution in [0, 0.1) is 0 Å². The molecule has 0 aliphatic carbocycles. The van der Waals surface area contributed by atoms with E-state index in [1.54, 1.807) is 0 Å². The normalized spacial score (nSPS) is 13.1. The number of carbonyl (C=O) groups excluding carboxylic acids is 2. The Morgan fingerprint density at radius 3 is 1.25 bits per heavy atom. The number of esters is 2. The summed E-state index contributed by atoms with van der Waals surface area (Å²) in [4.78, 5) is 25.3. The summed E-state index contributed by atoms with van der Waals surface area (Å²) in [5.41, 5.74) is 0. The molecule has 0 saturated carbocycles. The van der Waals surface area contributed by atoms with Crippen molar-refractivity contribution >= 4 is 11.9 Å². The molecule has 0 aromatic heterocycles. The van der Waals surface area contributed by atoms with Gasteiger partial charge in [0.2, 0.25) is 0 Å². The quantitative estimate of drug-likeness (QED) is 0.0348. The number of hydrogen-bond acceptors (Lipinski definition) is 5. The van der Waals surface area contributed by atoms with Gasteiger partial charge in [-0.1, -0.05) is 208 Å². The Morgan fingerprint density at radius 2 is 0.767 bits per heavy atom. The van der Waals surface area contributed by atoms with Crippen LogP contribution in [-0.4, -0.2) is 37.9 Å². The molecule has 5 heteroatoms. The van der Waals surface area contributed by atoms with Crippen LogP contribution in [0.4, 0.5) is 0 Å². The summed E-state index contributed by atoms with van der Waals surface area (Å²) in [7, 11) is 0. The molecule has 0 bridgehead atoms. The van der Waals surface area contributed by atoms with Gasteiger partial charge in [0.15, 0.2) is 6.10 Å². The molecule has 0 spiro atoms. The van der Waals surface area contributed by atoms with Gasteiger partial charge in [-0.3, -0.25) is 9.59 Å². The minimum Gasteiger partial charge on any atom is -0.462 e.